The molecule has 0 aromatic heterocycles. The molecule has 1 aliphatic rings. The Morgan fingerprint density at radius 2 is 2.07 bits per heavy atom. The SMILES string of the molecule is Fc1ccc(Br)cc1NC1CCNCC1. The summed E-state index contributed by atoms with van der Waals surface area (Å²) in [7, 11) is 0. The molecule has 2 N–H and O–H groups in total. The van der Waals surface area contributed by atoms with Crippen LogP contribution in [0.4, 0.5) is 10.1 Å². The van der Waals surface area contributed by atoms with Gasteiger partial charge in [0.1, 0.15) is 5.82 Å². The van der Waals surface area contributed by atoms with Crippen LogP contribution in [0, 0.1) is 5.82 Å². The van der Waals surface area contributed by atoms with Crippen LogP contribution in [0.3, 0.4) is 0 Å². The summed E-state index contributed by atoms with van der Waals surface area (Å²) >= 11 is 3.34. The molecule has 4 heteroatoms. The molecule has 1 aromatic rings. The molecule has 1 saturated heterocycles. The average molecular weight is 273 g/mol. The van der Waals surface area contributed by atoms with Gasteiger partial charge in [-0.05, 0) is 44.1 Å². The number of rotatable bonds is 2. The summed E-state index contributed by atoms with van der Waals surface area (Å²) in [5.74, 6) is -0.184. The van der Waals surface area contributed by atoms with Gasteiger partial charge in [0, 0.05) is 10.5 Å². The topological polar surface area (TPSA) is 24.1 Å². The fraction of sp³-hybridized carbons (Fsp3) is 0.455. The summed E-state index contributed by atoms with van der Waals surface area (Å²) in [5.41, 5.74) is 0.594. The number of benzene rings is 1. The number of piperidine rings is 1. The maximum atomic E-state index is 13.4. The first-order chi connectivity index (χ1) is 7.25. The molecule has 0 amide bonds. The van der Waals surface area contributed by atoms with Gasteiger partial charge in [0.25, 0.3) is 0 Å². The van der Waals surface area contributed by atoms with Gasteiger partial charge in [-0.3, -0.25) is 0 Å². The second-order valence-electron chi connectivity index (χ2n) is 3.79. The fourth-order valence-electron chi connectivity index (χ4n) is 1.79. The first-order valence-corrected chi connectivity index (χ1v) is 5.97. The Bertz CT molecular complexity index is 337. The predicted molar refractivity (Wildman–Crippen MR) is 63.6 cm³/mol. The van der Waals surface area contributed by atoms with Crippen LogP contribution >= 0.6 is 15.9 Å². The maximum Gasteiger partial charge on any atom is 0.146 e. The van der Waals surface area contributed by atoms with Crippen LogP contribution < -0.4 is 10.6 Å². The number of hydrogen-bond donors (Lipinski definition) is 2. The Balaban J connectivity index is 2.05. The van der Waals surface area contributed by atoms with Gasteiger partial charge in [-0.2, -0.15) is 0 Å². The summed E-state index contributed by atoms with van der Waals surface area (Å²) in [6.45, 7) is 2.01. The van der Waals surface area contributed by atoms with Crippen molar-refractivity contribution in [3.63, 3.8) is 0 Å². The van der Waals surface area contributed by atoms with Crippen molar-refractivity contribution in [2.45, 2.75) is 18.9 Å². The van der Waals surface area contributed by atoms with E-state index in [0.29, 0.717) is 11.7 Å². The quantitative estimate of drug-likeness (QED) is 0.865. The van der Waals surface area contributed by atoms with Crippen molar-refractivity contribution in [1.29, 1.82) is 0 Å². The zero-order valence-electron chi connectivity index (χ0n) is 8.39. The Morgan fingerprint density at radius 1 is 1.33 bits per heavy atom. The largest absolute Gasteiger partial charge is 0.380 e. The lowest BCUT2D eigenvalue weighted by Gasteiger charge is -2.24. The molecular formula is C11H14BrFN2. The summed E-state index contributed by atoms with van der Waals surface area (Å²) < 4.78 is 14.3. The molecule has 0 aliphatic carbocycles. The molecule has 0 saturated carbocycles. The minimum atomic E-state index is -0.184. The highest BCUT2D eigenvalue weighted by Crippen LogP contribution is 2.22. The van der Waals surface area contributed by atoms with Crippen LogP contribution in [0.5, 0.6) is 0 Å². The Hall–Kier alpha value is -0.610. The molecule has 1 aliphatic heterocycles. The maximum absolute atomic E-state index is 13.4. The zero-order valence-corrected chi connectivity index (χ0v) is 9.98. The van der Waals surface area contributed by atoms with E-state index in [1.54, 1.807) is 12.1 Å². The summed E-state index contributed by atoms with van der Waals surface area (Å²) in [4.78, 5) is 0. The standard InChI is InChI=1S/C11H14BrFN2/c12-8-1-2-10(13)11(7-8)15-9-3-5-14-6-4-9/h1-2,7,9,14-15H,3-6H2. The van der Waals surface area contributed by atoms with Gasteiger partial charge in [0.15, 0.2) is 0 Å². The lowest BCUT2D eigenvalue weighted by molar-refractivity contribution is 0.477. The van der Waals surface area contributed by atoms with Gasteiger partial charge in [0.2, 0.25) is 0 Å². The van der Waals surface area contributed by atoms with E-state index in [4.69, 9.17) is 0 Å². The van der Waals surface area contributed by atoms with Gasteiger partial charge in [-0.15, -0.1) is 0 Å². The van der Waals surface area contributed by atoms with E-state index in [-0.39, 0.29) is 5.82 Å². The highest BCUT2D eigenvalue weighted by atomic mass is 79.9. The average Bonchev–Trinajstić information content (AvgIpc) is 2.25. The molecule has 1 fully saturated rings. The second kappa shape index (κ2) is 4.94. The Labute approximate surface area is 97.4 Å². The van der Waals surface area contributed by atoms with Crippen molar-refractivity contribution in [2.24, 2.45) is 0 Å². The molecule has 15 heavy (non-hydrogen) atoms. The molecular weight excluding hydrogens is 259 g/mol. The first kappa shape index (κ1) is 10.9. The highest BCUT2D eigenvalue weighted by Gasteiger charge is 2.14. The van der Waals surface area contributed by atoms with Crippen molar-refractivity contribution >= 4 is 21.6 Å². The third kappa shape index (κ3) is 2.92. The summed E-state index contributed by atoms with van der Waals surface area (Å²) in [6, 6.07) is 5.36. The van der Waals surface area contributed by atoms with Crippen LogP contribution in [0.1, 0.15) is 12.8 Å². The van der Waals surface area contributed by atoms with E-state index < -0.39 is 0 Å². The summed E-state index contributed by atoms with van der Waals surface area (Å²) in [6.07, 6.45) is 2.10. The minimum Gasteiger partial charge on any atom is -0.380 e. The normalized spacial score (nSPS) is 17.7. The van der Waals surface area contributed by atoms with E-state index >= 15 is 0 Å². The molecule has 1 heterocycles. The van der Waals surface area contributed by atoms with Crippen LogP contribution in [-0.4, -0.2) is 19.1 Å². The smallest absolute Gasteiger partial charge is 0.146 e. The number of anilines is 1. The monoisotopic (exact) mass is 272 g/mol. The molecule has 0 unspecified atom stereocenters. The van der Waals surface area contributed by atoms with E-state index in [0.717, 1.165) is 30.4 Å². The lowest BCUT2D eigenvalue weighted by atomic mass is 10.1. The molecule has 82 valence electrons. The van der Waals surface area contributed by atoms with E-state index in [2.05, 4.69) is 26.6 Å². The Morgan fingerprint density at radius 3 is 2.80 bits per heavy atom. The molecule has 0 radical (unpaired) electrons. The molecule has 0 atom stereocenters. The van der Waals surface area contributed by atoms with E-state index in [9.17, 15) is 4.39 Å². The molecule has 2 rings (SSSR count). The van der Waals surface area contributed by atoms with Gasteiger partial charge in [-0.25, -0.2) is 4.39 Å². The van der Waals surface area contributed by atoms with Gasteiger partial charge in [0.05, 0.1) is 5.69 Å². The molecule has 1 aromatic carbocycles. The van der Waals surface area contributed by atoms with Crippen LogP contribution in [-0.2, 0) is 0 Å². The van der Waals surface area contributed by atoms with Crippen LogP contribution in [0.25, 0.3) is 0 Å². The summed E-state index contributed by atoms with van der Waals surface area (Å²) in [5, 5.41) is 6.53. The molecule has 2 nitrogen and oxygen atoms in total. The Kier molecular flexibility index (Phi) is 3.59. The van der Waals surface area contributed by atoms with E-state index in [1.807, 2.05) is 0 Å². The third-order valence-electron chi connectivity index (χ3n) is 2.63. The second-order valence-corrected chi connectivity index (χ2v) is 4.71. The zero-order chi connectivity index (χ0) is 10.7. The lowest BCUT2D eigenvalue weighted by Crippen LogP contribution is -2.35. The van der Waals surface area contributed by atoms with Crippen molar-refractivity contribution in [2.75, 3.05) is 18.4 Å². The minimum absolute atomic E-state index is 0.184. The highest BCUT2D eigenvalue weighted by molar-refractivity contribution is 9.10. The number of hydrogen-bond acceptors (Lipinski definition) is 2. The van der Waals surface area contributed by atoms with Crippen molar-refractivity contribution < 1.29 is 4.39 Å². The van der Waals surface area contributed by atoms with Gasteiger partial charge >= 0.3 is 0 Å². The van der Waals surface area contributed by atoms with Gasteiger partial charge in [-0.1, -0.05) is 15.9 Å². The van der Waals surface area contributed by atoms with Crippen molar-refractivity contribution in [1.82, 2.24) is 5.32 Å². The van der Waals surface area contributed by atoms with Crippen LogP contribution in [0.2, 0.25) is 0 Å². The predicted octanol–water partition coefficient (Wildman–Crippen LogP) is 2.75. The van der Waals surface area contributed by atoms with Gasteiger partial charge < -0.3 is 10.6 Å². The first-order valence-electron chi connectivity index (χ1n) is 5.18. The third-order valence-corrected chi connectivity index (χ3v) is 3.12. The molecule has 0 bridgehead atoms. The van der Waals surface area contributed by atoms with E-state index in [1.165, 1.54) is 6.07 Å². The van der Waals surface area contributed by atoms with Crippen molar-refractivity contribution in [3.05, 3.63) is 28.5 Å². The number of halogens is 2. The number of nitrogens with one attached hydrogen (secondary N) is 2. The fourth-order valence-corrected chi connectivity index (χ4v) is 2.16. The van der Waals surface area contributed by atoms with Crippen molar-refractivity contribution in [3.8, 4) is 0 Å². The van der Waals surface area contributed by atoms with Crippen LogP contribution in [0.15, 0.2) is 22.7 Å². The molecule has 0 spiro atoms.